The van der Waals surface area contributed by atoms with Crippen LogP contribution in [0.15, 0.2) is 27.6 Å². The van der Waals surface area contributed by atoms with Crippen molar-refractivity contribution in [3.05, 3.63) is 28.2 Å². The number of hydrogen-bond donors (Lipinski definition) is 1. The summed E-state index contributed by atoms with van der Waals surface area (Å²) in [6, 6.07) is 5.20. The Bertz CT molecular complexity index is 312. The van der Waals surface area contributed by atoms with Gasteiger partial charge in [-0.2, -0.15) is 0 Å². The highest BCUT2D eigenvalue weighted by Gasteiger charge is 2.09. The van der Waals surface area contributed by atoms with Crippen molar-refractivity contribution in [3.8, 4) is 0 Å². The molecule has 1 rings (SSSR count). The Balaban J connectivity index is 3.13. The second kappa shape index (κ2) is 3.96. The minimum Gasteiger partial charge on any atom is -0.465 e. The lowest BCUT2D eigenvalue weighted by molar-refractivity contribution is 0.0599. The SMILES string of the molecule is COC(=O)c1cc(S)ccc1Br. The summed E-state index contributed by atoms with van der Waals surface area (Å²) in [4.78, 5) is 11.8. The third-order valence-corrected chi connectivity index (χ3v) is 2.32. The first-order chi connectivity index (χ1) is 5.65. The molecule has 0 fully saturated rings. The number of methoxy groups -OCH3 is 1. The molecule has 0 bridgehead atoms. The van der Waals surface area contributed by atoms with E-state index in [0.29, 0.717) is 10.0 Å². The summed E-state index contributed by atoms with van der Waals surface area (Å²) >= 11 is 7.34. The maximum atomic E-state index is 11.1. The van der Waals surface area contributed by atoms with E-state index in [2.05, 4.69) is 33.3 Å². The lowest BCUT2D eigenvalue weighted by Crippen LogP contribution is -2.01. The highest BCUT2D eigenvalue weighted by molar-refractivity contribution is 9.10. The van der Waals surface area contributed by atoms with Gasteiger partial charge in [0.05, 0.1) is 12.7 Å². The number of rotatable bonds is 1. The van der Waals surface area contributed by atoms with Gasteiger partial charge in [-0.3, -0.25) is 0 Å². The summed E-state index contributed by atoms with van der Waals surface area (Å²) in [7, 11) is 1.35. The van der Waals surface area contributed by atoms with E-state index in [9.17, 15) is 4.79 Å². The van der Waals surface area contributed by atoms with Crippen molar-refractivity contribution in [2.45, 2.75) is 4.90 Å². The maximum absolute atomic E-state index is 11.1. The molecule has 0 spiro atoms. The summed E-state index contributed by atoms with van der Waals surface area (Å²) < 4.78 is 5.28. The molecule has 0 N–H and O–H groups in total. The molecule has 0 radical (unpaired) electrons. The number of hydrogen-bond acceptors (Lipinski definition) is 3. The molecule has 0 unspecified atom stereocenters. The molecule has 0 aromatic heterocycles. The standard InChI is InChI=1S/C8H7BrO2S/c1-11-8(10)6-4-5(12)2-3-7(6)9/h2-4,12H,1H3. The number of benzene rings is 1. The summed E-state index contributed by atoms with van der Waals surface area (Å²) in [5.41, 5.74) is 0.491. The first kappa shape index (κ1) is 9.61. The Morgan fingerprint density at radius 1 is 1.58 bits per heavy atom. The van der Waals surface area contributed by atoms with Gasteiger partial charge in [0.25, 0.3) is 0 Å². The average Bonchev–Trinajstić information content (AvgIpc) is 2.08. The van der Waals surface area contributed by atoms with Crippen molar-refractivity contribution in [1.82, 2.24) is 0 Å². The van der Waals surface area contributed by atoms with Crippen LogP contribution in [0.1, 0.15) is 10.4 Å². The zero-order valence-corrected chi connectivity index (χ0v) is 8.85. The van der Waals surface area contributed by atoms with Crippen molar-refractivity contribution < 1.29 is 9.53 Å². The Kier molecular flexibility index (Phi) is 3.17. The van der Waals surface area contributed by atoms with E-state index in [1.165, 1.54) is 7.11 Å². The van der Waals surface area contributed by atoms with Crippen LogP contribution in [0.2, 0.25) is 0 Å². The molecule has 0 aliphatic heterocycles. The zero-order valence-electron chi connectivity index (χ0n) is 6.37. The molecule has 0 saturated carbocycles. The van der Waals surface area contributed by atoms with Crippen LogP contribution < -0.4 is 0 Å². The van der Waals surface area contributed by atoms with Gasteiger partial charge in [0.2, 0.25) is 0 Å². The third-order valence-electron chi connectivity index (χ3n) is 1.36. The molecule has 1 aromatic carbocycles. The molecule has 0 heterocycles. The van der Waals surface area contributed by atoms with Crippen LogP contribution in [0.3, 0.4) is 0 Å². The van der Waals surface area contributed by atoms with Crippen LogP contribution in [-0.4, -0.2) is 13.1 Å². The fraction of sp³-hybridized carbons (Fsp3) is 0.125. The van der Waals surface area contributed by atoms with Gasteiger partial charge in [-0.25, -0.2) is 4.79 Å². The lowest BCUT2D eigenvalue weighted by atomic mass is 10.2. The molecule has 4 heteroatoms. The van der Waals surface area contributed by atoms with Crippen molar-refractivity contribution in [3.63, 3.8) is 0 Å². The number of esters is 1. The van der Waals surface area contributed by atoms with Crippen LogP contribution in [0.5, 0.6) is 0 Å². The van der Waals surface area contributed by atoms with Crippen molar-refractivity contribution >= 4 is 34.5 Å². The highest BCUT2D eigenvalue weighted by atomic mass is 79.9. The Hall–Kier alpha value is -0.480. The number of carbonyl (C=O) groups is 1. The fourth-order valence-corrected chi connectivity index (χ4v) is 1.39. The molecular formula is C8H7BrO2S. The van der Waals surface area contributed by atoms with Gasteiger partial charge < -0.3 is 4.74 Å². The summed E-state index contributed by atoms with van der Waals surface area (Å²) in [6.07, 6.45) is 0. The maximum Gasteiger partial charge on any atom is 0.339 e. The second-order valence-corrected chi connectivity index (χ2v) is 3.53. The van der Waals surface area contributed by atoms with Gasteiger partial charge in [-0.05, 0) is 34.1 Å². The van der Waals surface area contributed by atoms with Crippen LogP contribution in [0.4, 0.5) is 0 Å². The van der Waals surface area contributed by atoms with E-state index < -0.39 is 0 Å². The molecule has 0 aliphatic carbocycles. The van der Waals surface area contributed by atoms with Gasteiger partial charge in [-0.15, -0.1) is 12.6 Å². The quantitative estimate of drug-likeness (QED) is 0.609. The van der Waals surface area contributed by atoms with E-state index in [4.69, 9.17) is 0 Å². The summed E-state index contributed by atoms with van der Waals surface area (Å²) in [5.74, 6) is -0.363. The molecular weight excluding hydrogens is 240 g/mol. The van der Waals surface area contributed by atoms with Gasteiger partial charge in [-0.1, -0.05) is 0 Å². The molecule has 0 amide bonds. The summed E-state index contributed by atoms with van der Waals surface area (Å²) in [6.45, 7) is 0. The predicted octanol–water partition coefficient (Wildman–Crippen LogP) is 2.52. The van der Waals surface area contributed by atoms with Crippen molar-refractivity contribution in [2.75, 3.05) is 7.11 Å². The topological polar surface area (TPSA) is 26.3 Å². The zero-order chi connectivity index (χ0) is 9.14. The van der Waals surface area contributed by atoms with Crippen LogP contribution in [-0.2, 0) is 4.74 Å². The number of ether oxygens (including phenoxy) is 1. The van der Waals surface area contributed by atoms with Gasteiger partial charge in [0.1, 0.15) is 0 Å². The van der Waals surface area contributed by atoms with Crippen LogP contribution in [0, 0.1) is 0 Å². The highest BCUT2D eigenvalue weighted by Crippen LogP contribution is 2.20. The Labute approximate surface area is 84.5 Å². The Morgan fingerprint density at radius 3 is 2.83 bits per heavy atom. The fourth-order valence-electron chi connectivity index (χ4n) is 0.780. The van der Waals surface area contributed by atoms with E-state index in [1.807, 2.05) is 0 Å². The van der Waals surface area contributed by atoms with E-state index in [-0.39, 0.29) is 5.97 Å². The summed E-state index contributed by atoms with van der Waals surface area (Å²) in [5, 5.41) is 0. The molecule has 64 valence electrons. The molecule has 1 aromatic rings. The monoisotopic (exact) mass is 246 g/mol. The van der Waals surface area contributed by atoms with Gasteiger partial charge >= 0.3 is 5.97 Å². The molecule has 0 saturated heterocycles. The third kappa shape index (κ3) is 2.01. The van der Waals surface area contributed by atoms with Gasteiger partial charge in [0, 0.05) is 9.37 Å². The second-order valence-electron chi connectivity index (χ2n) is 2.16. The average molecular weight is 247 g/mol. The number of halogens is 1. The normalized spacial score (nSPS) is 9.58. The first-order valence-corrected chi connectivity index (χ1v) is 4.46. The predicted molar refractivity (Wildman–Crippen MR) is 52.7 cm³/mol. The molecule has 2 nitrogen and oxygen atoms in total. The van der Waals surface area contributed by atoms with Gasteiger partial charge in [0.15, 0.2) is 0 Å². The van der Waals surface area contributed by atoms with Crippen molar-refractivity contribution in [2.24, 2.45) is 0 Å². The first-order valence-electron chi connectivity index (χ1n) is 3.22. The minimum atomic E-state index is -0.363. The molecule has 12 heavy (non-hydrogen) atoms. The smallest absolute Gasteiger partial charge is 0.339 e. The molecule has 0 aliphatic rings. The van der Waals surface area contributed by atoms with Crippen LogP contribution >= 0.6 is 28.6 Å². The largest absolute Gasteiger partial charge is 0.465 e. The lowest BCUT2D eigenvalue weighted by Gasteiger charge is -2.02. The molecule has 0 atom stereocenters. The van der Waals surface area contributed by atoms with E-state index >= 15 is 0 Å². The Morgan fingerprint density at radius 2 is 2.25 bits per heavy atom. The van der Waals surface area contributed by atoms with E-state index in [0.717, 1.165) is 4.90 Å². The van der Waals surface area contributed by atoms with Crippen LogP contribution in [0.25, 0.3) is 0 Å². The van der Waals surface area contributed by atoms with Crippen molar-refractivity contribution in [1.29, 1.82) is 0 Å². The number of thiol groups is 1. The van der Waals surface area contributed by atoms with E-state index in [1.54, 1.807) is 18.2 Å². The number of carbonyl (C=O) groups excluding carboxylic acids is 1. The minimum absolute atomic E-state index is 0.363.